The van der Waals surface area contributed by atoms with Crippen LogP contribution in [0.5, 0.6) is 0 Å². The van der Waals surface area contributed by atoms with Gasteiger partial charge in [-0.25, -0.2) is 4.79 Å². The molecule has 0 atom stereocenters. The van der Waals surface area contributed by atoms with E-state index in [1.54, 1.807) is 25.2 Å². The van der Waals surface area contributed by atoms with Gasteiger partial charge in [-0.1, -0.05) is 27.9 Å². The molecule has 6 nitrogen and oxygen atoms in total. The number of H-pyrrole nitrogens is 1. The van der Waals surface area contributed by atoms with Crippen molar-refractivity contribution in [2.75, 3.05) is 11.1 Å². The smallest absolute Gasteiger partial charge is 0.325 e. The van der Waals surface area contributed by atoms with Gasteiger partial charge >= 0.3 is 10.7 Å². The number of amides is 1. The molecule has 9 heteroatoms. The van der Waals surface area contributed by atoms with E-state index < -0.39 is 5.63 Å². The summed E-state index contributed by atoms with van der Waals surface area (Å²) in [6.07, 6.45) is 0. The topological polar surface area (TPSA) is 79.0 Å². The van der Waals surface area contributed by atoms with Crippen LogP contribution in [0.2, 0.25) is 10.0 Å². The summed E-state index contributed by atoms with van der Waals surface area (Å²) in [7, 11) is 1.62. The van der Waals surface area contributed by atoms with Crippen molar-refractivity contribution in [1.29, 1.82) is 0 Å². The maximum absolute atomic E-state index is 11.8. The average molecular weight is 335 g/mol. The van der Waals surface area contributed by atoms with Crippen LogP contribution < -0.4 is 15.6 Å². The molecule has 1 amide bonds. The molecule has 2 aromatic rings. The lowest BCUT2D eigenvalue weighted by Crippen LogP contribution is -2.34. The van der Waals surface area contributed by atoms with Gasteiger partial charge in [0.1, 0.15) is 0 Å². The minimum Gasteiger partial charge on any atom is -0.325 e. The van der Waals surface area contributed by atoms with Crippen molar-refractivity contribution in [2.45, 2.75) is 5.03 Å². The molecule has 2 N–H and O–H groups in total. The van der Waals surface area contributed by atoms with Crippen LogP contribution in [0.4, 0.5) is 5.69 Å². The van der Waals surface area contributed by atoms with Gasteiger partial charge < -0.3 is 5.32 Å². The fraction of sp³-hybridized carbons (Fsp3) is 0.182. The Morgan fingerprint density at radius 1 is 1.45 bits per heavy atom. The van der Waals surface area contributed by atoms with Gasteiger partial charge in [-0.3, -0.25) is 9.32 Å². The highest BCUT2D eigenvalue weighted by molar-refractivity contribution is 7.99. The molecular formula is C11H10Cl2N3O3S+. The van der Waals surface area contributed by atoms with Gasteiger partial charge in [-0.05, 0) is 35.2 Å². The number of carbonyl (C=O) groups is 1. The number of carbonyl (C=O) groups excluding carboxylic acids is 1. The summed E-state index contributed by atoms with van der Waals surface area (Å²) < 4.78 is 5.97. The minimum atomic E-state index is -0.514. The van der Waals surface area contributed by atoms with E-state index in [1.165, 1.54) is 4.68 Å². The van der Waals surface area contributed by atoms with Gasteiger partial charge in [0.25, 0.3) is 0 Å². The first-order chi connectivity index (χ1) is 9.47. The number of halogens is 2. The Labute approximate surface area is 128 Å². The minimum absolute atomic E-state index is 0.0662. The van der Waals surface area contributed by atoms with Gasteiger partial charge in [0, 0.05) is 5.69 Å². The summed E-state index contributed by atoms with van der Waals surface area (Å²) in [5.74, 6) is -0.203. The summed E-state index contributed by atoms with van der Waals surface area (Å²) in [5.41, 5.74) is 0.0234. The number of nitrogens with zero attached hydrogens (tertiary/aromatic N) is 1. The van der Waals surface area contributed by atoms with Crippen LogP contribution in [-0.2, 0) is 11.8 Å². The SMILES string of the molecule is C[n+]1[nH]oc(=O)c1SCC(=O)Nc1ccc(Cl)c(Cl)c1. The highest BCUT2D eigenvalue weighted by Crippen LogP contribution is 2.25. The Morgan fingerprint density at radius 2 is 2.20 bits per heavy atom. The monoisotopic (exact) mass is 334 g/mol. The summed E-state index contributed by atoms with van der Waals surface area (Å²) in [4.78, 5) is 23.1. The first kappa shape index (κ1) is 15.0. The largest absolute Gasteiger partial charge is 0.441 e. The number of rotatable bonds is 4. The van der Waals surface area contributed by atoms with Crippen LogP contribution in [0, 0.1) is 0 Å². The number of aryl methyl sites for hydroxylation is 1. The Hall–Kier alpha value is -1.44. The predicted molar refractivity (Wildman–Crippen MR) is 76.3 cm³/mol. The van der Waals surface area contributed by atoms with E-state index in [0.717, 1.165) is 11.8 Å². The molecule has 106 valence electrons. The molecule has 0 aliphatic rings. The summed E-state index contributed by atoms with van der Waals surface area (Å²) in [5, 5.41) is 6.11. The van der Waals surface area contributed by atoms with Gasteiger partial charge in [0.15, 0.2) is 7.05 Å². The quantitative estimate of drug-likeness (QED) is 0.660. The van der Waals surface area contributed by atoms with E-state index in [4.69, 9.17) is 23.2 Å². The molecular weight excluding hydrogens is 325 g/mol. The van der Waals surface area contributed by atoms with Crippen molar-refractivity contribution in [3.63, 3.8) is 0 Å². The molecule has 1 heterocycles. The lowest BCUT2D eigenvalue weighted by molar-refractivity contribution is -0.772. The standard InChI is InChI=1S/C11H9Cl2N3O3S/c1-16-10(11(18)19-15-16)20-5-9(17)14-6-2-3-7(12)8(13)4-6/h2-4H,5H2,1H3,(H-,14,15,17,18)/p+1. The van der Waals surface area contributed by atoms with E-state index >= 15 is 0 Å². The average Bonchev–Trinajstić information content (AvgIpc) is 2.71. The second-order valence-electron chi connectivity index (χ2n) is 3.81. The maximum atomic E-state index is 11.8. The maximum Gasteiger partial charge on any atom is 0.441 e. The number of anilines is 1. The van der Waals surface area contributed by atoms with Crippen LogP contribution in [0.3, 0.4) is 0 Å². The molecule has 0 aliphatic carbocycles. The molecule has 0 saturated carbocycles. The van der Waals surface area contributed by atoms with Crippen molar-refractivity contribution in [3.8, 4) is 0 Å². The second-order valence-corrected chi connectivity index (χ2v) is 5.59. The molecule has 0 bridgehead atoms. The third kappa shape index (κ3) is 3.56. The first-order valence-electron chi connectivity index (χ1n) is 5.42. The number of aromatic nitrogens is 2. The second kappa shape index (κ2) is 6.34. The number of nitrogens with one attached hydrogen (secondary N) is 2. The lowest BCUT2D eigenvalue weighted by atomic mass is 10.3. The van der Waals surface area contributed by atoms with Gasteiger partial charge in [0.05, 0.1) is 15.8 Å². The summed E-state index contributed by atoms with van der Waals surface area (Å²) in [6.45, 7) is 0. The van der Waals surface area contributed by atoms with E-state index in [1.807, 2.05) is 0 Å². The fourth-order valence-corrected chi connectivity index (χ4v) is 2.42. The zero-order valence-electron chi connectivity index (χ0n) is 10.3. The summed E-state index contributed by atoms with van der Waals surface area (Å²) >= 11 is 12.7. The third-order valence-corrected chi connectivity index (χ3v) is 4.16. The van der Waals surface area contributed by atoms with E-state index in [0.29, 0.717) is 20.8 Å². The van der Waals surface area contributed by atoms with Crippen molar-refractivity contribution in [3.05, 3.63) is 38.7 Å². The Balaban J connectivity index is 1.96. The van der Waals surface area contributed by atoms with E-state index in [2.05, 4.69) is 15.1 Å². The molecule has 0 saturated heterocycles. The van der Waals surface area contributed by atoms with Crippen molar-refractivity contribution < 1.29 is 14.0 Å². The molecule has 0 aliphatic heterocycles. The van der Waals surface area contributed by atoms with Crippen molar-refractivity contribution >= 4 is 46.6 Å². The van der Waals surface area contributed by atoms with Crippen LogP contribution in [0.15, 0.2) is 32.5 Å². The Bertz CT molecular complexity index is 698. The zero-order valence-corrected chi connectivity index (χ0v) is 12.6. The zero-order chi connectivity index (χ0) is 14.7. The molecule has 0 radical (unpaired) electrons. The first-order valence-corrected chi connectivity index (χ1v) is 7.16. The van der Waals surface area contributed by atoms with Crippen molar-refractivity contribution in [1.82, 2.24) is 5.27 Å². The van der Waals surface area contributed by atoms with Gasteiger partial charge in [-0.15, -0.1) is 0 Å². The predicted octanol–water partition coefficient (Wildman–Crippen LogP) is 1.83. The normalized spacial score (nSPS) is 10.6. The molecule has 0 fully saturated rings. The van der Waals surface area contributed by atoms with E-state index in [-0.39, 0.29) is 11.7 Å². The molecule has 2 rings (SSSR count). The van der Waals surface area contributed by atoms with Gasteiger partial charge in [-0.2, -0.15) is 0 Å². The van der Waals surface area contributed by atoms with Crippen LogP contribution in [0.1, 0.15) is 0 Å². The van der Waals surface area contributed by atoms with Crippen LogP contribution >= 0.6 is 35.0 Å². The third-order valence-electron chi connectivity index (χ3n) is 2.30. The number of aromatic amines is 1. The highest BCUT2D eigenvalue weighted by Gasteiger charge is 2.19. The summed E-state index contributed by atoms with van der Waals surface area (Å²) in [6, 6.07) is 4.78. The molecule has 1 aromatic carbocycles. The van der Waals surface area contributed by atoms with Crippen LogP contribution in [-0.4, -0.2) is 16.9 Å². The van der Waals surface area contributed by atoms with E-state index in [9.17, 15) is 9.59 Å². The molecule has 0 unspecified atom stereocenters. The molecule has 1 aromatic heterocycles. The van der Waals surface area contributed by atoms with Crippen molar-refractivity contribution in [2.24, 2.45) is 7.05 Å². The number of hydrogen-bond acceptors (Lipinski definition) is 4. The molecule has 0 spiro atoms. The van der Waals surface area contributed by atoms with Gasteiger partial charge in [0.2, 0.25) is 5.91 Å². The fourth-order valence-electron chi connectivity index (χ4n) is 1.39. The molecule has 20 heavy (non-hydrogen) atoms. The lowest BCUT2D eigenvalue weighted by Gasteiger charge is -2.04. The van der Waals surface area contributed by atoms with Crippen LogP contribution in [0.25, 0.3) is 0 Å². The number of hydrogen-bond donors (Lipinski definition) is 2. The number of benzene rings is 1. The highest BCUT2D eigenvalue weighted by atomic mass is 35.5. The Kier molecular flexibility index (Phi) is 4.74. The number of thioether (sulfide) groups is 1. The Morgan fingerprint density at radius 3 is 2.80 bits per heavy atom.